The van der Waals surface area contributed by atoms with Crippen LogP contribution in [0.4, 0.5) is 0 Å². The lowest BCUT2D eigenvalue weighted by Crippen LogP contribution is -2.28. The van der Waals surface area contributed by atoms with Crippen molar-refractivity contribution in [2.24, 2.45) is 0 Å². The van der Waals surface area contributed by atoms with Gasteiger partial charge in [-0.1, -0.05) is 19.9 Å². The van der Waals surface area contributed by atoms with E-state index in [1.807, 2.05) is 25.2 Å². The van der Waals surface area contributed by atoms with Crippen molar-refractivity contribution in [3.8, 4) is 5.88 Å². The second-order valence-electron chi connectivity index (χ2n) is 3.87. The number of pyridine rings is 1. The molecule has 96 valence electrons. The van der Waals surface area contributed by atoms with Gasteiger partial charge in [0.25, 0.3) is 0 Å². The molecular formula is C13H23N3O. The van der Waals surface area contributed by atoms with E-state index in [1.54, 1.807) is 0 Å². The molecule has 0 aliphatic carbocycles. The quantitative estimate of drug-likeness (QED) is 0.744. The van der Waals surface area contributed by atoms with Crippen LogP contribution in [0.5, 0.6) is 5.88 Å². The largest absolute Gasteiger partial charge is 0.476 e. The molecule has 1 aromatic rings. The molecular weight excluding hydrogens is 214 g/mol. The van der Waals surface area contributed by atoms with Crippen LogP contribution < -0.4 is 10.1 Å². The van der Waals surface area contributed by atoms with Gasteiger partial charge in [-0.15, -0.1) is 0 Å². The summed E-state index contributed by atoms with van der Waals surface area (Å²) in [5, 5.41) is 3.08. The minimum Gasteiger partial charge on any atom is -0.476 e. The average molecular weight is 237 g/mol. The molecule has 0 bridgehead atoms. The third-order valence-electron chi connectivity index (χ3n) is 2.69. The summed E-state index contributed by atoms with van der Waals surface area (Å²) in [6, 6.07) is 5.88. The number of nitrogens with zero attached hydrogens (tertiary/aromatic N) is 2. The van der Waals surface area contributed by atoms with Crippen LogP contribution in [0.3, 0.4) is 0 Å². The maximum atomic E-state index is 5.65. The van der Waals surface area contributed by atoms with E-state index >= 15 is 0 Å². The summed E-state index contributed by atoms with van der Waals surface area (Å²) in [7, 11) is 1.91. The maximum absolute atomic E-state index is 5.65. The van der Waals surface area contributed by atoms with E-state index in [-0.39, 0.29) is 0 Å². The molecule has 0 amide bonds. The molecule has 0 aromatic carbocycles. The Morgan fingerprint density at radius 3 is 2.71 bits per heavy atom. The zero-order chi connectivity index (χ0) is 12.5. The van der Waals surface area contributed by atoms with Crippen LogP contribution in [0.25, 0.3) is 0 Å². The monoisotopic (exact) mass is 237 g/mol. The molecule has 4 heteroatoms. The van der Waals surface area contributed by atoms with Crippen molar-refractivity contribution in [2.75, 3.05) is 33.3 Å². The highest BCUT2D eigenvalue weighted by atomic mass is 16.5. The number of likely N-dealkylation sites (N-methyl/N-ethyl adjacent to an activating group) is 1. The first kappa shape index (κ1) is 13.9. The minimum atomic E-state index is 0.692. The lowest BCUT2D eigenvalue weighted by Gasteiger charge is -2.17. The van der Waals surface area contributed by atoms with E-state index in [1.165, 1.54) is 0 Å². The van der Waals surface area contributed by atoms with Gasteiger partial charge in [-0.25, -0.2) is 4.98 Å². The van der Waals surface area contributed by atoms with Crippen molar-refractivity contribution in [3.05, 3.63) is 23.9 Å². The Morgan fingerprint density at radius 1 is 1.29 bits per heavy atom. The first-order valence-corrected chi connectivity index (χ1v) is 6.25. The lowest BCUT2D eigenvalue weighted by molar-refractivity contribution is 0.217. The molecule has 0 spiro atoms. The molecule has 0 saturated heterocycles. The van der Waals surface area contributed by atoms with Crippen molar-refractivity contribution in [1.82, 2.24) is 15.2 Å². The molecule has 0 atom stereocenters. The zero-order valence-electron chi connectivity index (χ0n) is 11.1. The topological polar surface area (TPSA) is 37.4 Å². The fourth-order valence-electron chi connectivity index (χ4n) is 1.64. The number of rotatable bonds is 8. The Morgan fingerprint density at radius 2 is 2.06 bits per heavy atom. The molecule has 1 aromatic heterocycles. The predicted octanol–water partition coefficient (Wildman–Crippen LogP) is 1.52. The van der Waals surface area contributed by atoms with E-state index < -0.39 is 0 Å². The third-order valence-corrected chi connectivity index (χ3v) is 2.69. The van der Waals surface area contributed by atoms with Crippen molar-refractivity contribution < 1.29 is 4.74 Å². The SMILES string of the molecule is CCN(CC)CCOc1cccc(CNC)n1. The number of hydrogen-bond acceptors (Lipinski definition) is 4. The van der Waals surface area contributed by atoms with E-state index in [0.29, 0.717) is 12.5 Å². The smallest absolute Gasteiger partial charge is 0.213 e. The van der Waals surface area contributed by atoms with Crippen molar-refractivity contribution in [1.29, 1.82) is 0 Å². The van der Waals surface area contributed by atoms with Gasteiger partial charge in [0.2, 0.25) is 5.88 Å². The summed E-state index contributed by atoms with van der Waals surface area (Å²) < 4.78 is 5.65. The summed E-state index contributed by atoms with van der Waals surface area (Å²) in [4.78, 5) is 6.74. The lowest BCUT2D eigenvalue weighted by atomic mass is 10.3. The summed E-state index contributed by atoms with van der Waals surface area (Å²) in [5.74, 6) is 0.713. The highest BCUT2D eigenvalue weighted by molar-refractivity contribution is 5.15. The zero-order valence-corrected chi connectivity index (χ0v) is 11.1. The van der Waals surface area contributed by atoms with Crippen LogP contribution >= 0.6 is 0 Å². The molecule has 4 nitrogen and oxygen atoms in total. The van der Waals surface area contributed by atoms with Gasteiger partial charge in [-0.05, 0) is 26.2 Å². The number of nitrogens with one attached hydrogen (secondary N) is 1. The van der Waals surface area contributed by atoms with Gasteiger partial charge < -0.3 is 15.0 Å². The van der Waals surface area contributed by atoms with Crippen molar-refractivity contribution >= 4 is 0 Å². The molecule has 0 fully saturated rings. The molecule has 1 heterocycles. The van der Waals surface area contributed by atoms with Crippen LogP contribution in [0.2, 0.25) is 0 Å². The number of ether oxygens (including phenoxy) is 1. The minimum absolute atomic E-state index is 0.692. The van der Waals surface area contributed by atoms with Gasteiger partial charge in [0.15, 0.2) is 0 Å². The fourth-order valence-corrected chi connectivity index (χ4v) is 1.64. The van der Waals surface area contributed by atoms with Gasteiger partial charge in [-0.3, -0.25) is 0 Å². The van der Waals surface area contributed by atoms with Crippen LogP contribution in [0.1, 0.15) is 19.5 Å². The van der Waals surface area contributed by atoms with Crippen LogP contribution in [0, 0.1) is 0 Å². The summed E-state index contributed by atoms with van der Waals surface area (Å²) in [6.07, 6.45) is 0. The fraction of sp³-hybridized carbons (Fsp3) is 0.615. The molecule has 17 heavy (non-hydrogen) atoms. The predicted molar refractivity (Wildman–Crippen MR) is 70.3 cm³/mol. The van der Waals surface area contributed by atoms with E-state index in [9.17, 15) is 0 Å². The second kappa shape index (κ2) is 8.03. The Labute approximate surface area is 104 Å². The van der Waals surface area contributed by atoms with Gasteiger partial charge in [0.05, 0.1) is 5.69 Å². The first-order chi connectivity index (χ1) is 8.30. The summed E-state index contributed by atoms with van der Waals surface area (Å²) in [6.45, 7) is 8.86. The Bertz CT molecular complexity index is 313. The molecule has 0 unspecified atom stereocenters. The standard InChI is InChI=1S/C13H23N3O/c1-4-16(5-2)9-10-17-13-8-6-7-12(15-13)11-14-3/h6-8,14H,4-5,9-11H2,1-3H3. The number of aromatic nitrogens is 1. The van der Waals surface area contributed by atoms with Gasteiger partial charge >= 0.3 is 0 Å². The number of hydrogen-bond donors (Lipinski definition) is 1. The summed E-state index contributed by atoms with van der Waals surface area (Å²) in [5.41, 5.74) is 1.01. The van der Waals surface area contributed by atoms with E-state index in [2.05, 4.69) is 29.0 Å². The maximum Gasteiger partial charge on any atom is 0.213 e. The molecule has 1 rings (SSSR count). The van der Waals surface area contributed by atoms with Gasteiger partial charge in [0, 0.05) is 19.2 Å². The first-order valence-electron chi connectivity index (χ1n) is 6.25. The average Bonchev–Trinajstić information content (AvgIpc) is 2.36. The van der Waals surface area contributed by atoms with Crippen molar-refractivity contribution in [3.63, 3.8) is 0 Å². The molecule has 0 aliphatic heterocycles. The molecule has 0 aliphatic rings. The Hall–Kier alpha value is -1.13. The highest BCUT2D eigenvalue weighted by Gasteiger charge is 2.01. The van der Waals surface area contributed by atoms with Crippen LogP contribution in [-0.4, -0.2) is 43.2 Å². The van der Waals surface area contributed by atoms with Gasteiger partial charge in [0.1, 0.15) is 6.61 Å². The molecule has 0 radical (unpaired) electrons. The molecule has 1 N–H and O–H groups in total. The van der Waals surface area contributed by atoms with Gasteiger partial charge in [-0.2, -0.15) is 0 Å². The van der Waals surface area contributed by atoms with Crippen LogP contribution in [-0.2, 0) is 6.54 Å². The van der Waals surface area contributed by atoms with Crippen molar-refractivity contribution in [2.45, 2.75) is 20.4 Å². The Kier molecular flexibility index (Phi) is 6.58. The highest BCUT2D eigenvalue weighted by Crippen LogP contribution is 2.07. The normalized spacial score (nSPS) is 10.8. The Balaban J connectivity index is 2.38. The van der Waals surface area contributed by atoms with E-state index in [0.717, 1.165) is 31.9 Å². The molecule has 0 saturated carbocycles. The van der Waals surface area contributed by atoms with E-state index in [4.69, 9.17) is 4.74 Å². The second-order valence-corrected chi connectivity index (χ2v) is 3.87. The summed E-state index contributed by atoms with van der Waals surface area (Å²) >= 11 is 0. The third kappa shape index (κ3) is 5.15. The van der Waals surface area contributed by atoms with Crippen LogP contribution in [0.15, 0.2) is 18.2 Å².